The highest BCUT2D eigenvalue weighted by Gasteiger charge is 2.44. The van der Waals surface area contributed by atoms with E-state index in [1.165, 1.54) is 22.7 Å². The first-order chi connectivity index (χ1) is 35.4. The molecule has 74 heavy (non-hydrogen) atoms. The fraction of sp³-hybridized carbons (Fsp3) is 0.462. The van der Waals surface area contributed by atoms with Crippen molar-refractivity contribution in [3.05, 3.63) is 98.9 Å². The lowest BCUT2D eigenvalue weighted by Gasteiger charge is -2.36. The second kappa shape index (κ2) is 21.6. The van der Waals surface area contributed by atoms with E-state index in [1.807, 2.05) is 64.1 Å². The molecule has 2 saturated heterocycles. The molecule has 0 radical (unpaired) electrons. The first-order valence-corrected chi connectivity index (χ1v) is 25.9. The summed E-state index contributed by atoms with van der Waals surface area (Å²) in [5.41, 5.74) is 6.11. The summed E-state index contributed by atoms with van der Waals surface area (Å²) in [5.74, 6) is -1.01. The molecule has 0 spiro atoms. The lowest BCUT2D eigenvalue weighted by Crippen LogP contribution is -2.58. The minimum absolute atomic E-state index is 0.0175. The lowest BCUT2D eigenvalue weighted by molar-refractivity contribution is -0.144. The van der Waals surface area contributed by atoms with Crippen molar-refractivity contribution >= 4 is 69.2 Å². The van der Waals surface area contributed by atoms with Crippen molar-refractivity contribution < 1.29 is 29.1 Å². The van der Waals surface area contributed by atoms with Crippen molar-refractivity contribution in [3.8, 4) is 10.4 Å². The van der Waals surface area contributed by atoms with Crippen LogP contribution in [-0.2, 0) is 38.7 Å². The summed E-state index contributed by atoms with van der Waals surface area (Å²) in [7, 11) is 0. The lowest BCUT2D eigenvalue weighted by atomic mass is 9.85. The minimum Gasteiger partial charge on any atom is -0.391 e. The average molecular weight is 1030 g/mol. The number of hydrogen-bond acceptors (Lipinski definition) is 16. The zero-order chi connectivity index (χ0) is 52.4. The molecule has 3 atom stereocenters. The summed E-state index contributed by atoms with van der Waals surface area (Å²) in [4.78, 5) is 105. The molecule has 7 heterocycles. The Morgan fingerprint density at radius 1 is 0.932 bits per heavy atom. The number of aromatic nitrogens is 8. The molecule has 3 aliphatic rings. The van der Waals surface area contributed by atoms with Gasteiger partial charge in [0.15, 0.2) is 5.78 Å². The fourth-order valence-electron chi connectivity index (χ4n) is 10.2. The predicted octanol–water partition coefficient (Wildman–Crippen LogP) is 4.28. The first-order valence-electron chi connectivity index (χ1n) is 25.0. The number of ketones is 1. The number of nitrogens with zero attached hydrogens (tertiary/aromatic N) is 11. The van der Waals surface area contributed by atoms with Crippen molar-refractivity contribution in [1.82, 2.24) is 59.9 Å². The molecule has 3 fully saturated rings. The number of piperazine rings is 1. The van der Waals surface area contributed by atoms with Gasteiger partial charge in [0.25, 0.3) is 5.56 Å². The van der Waals surface area contributed by atoms with E-state index in [1.54, 1.807) is 45.6 Å². The number of thiazole rings is 1. The van der Waals surface area contributed by atoms with Crippen LogP contribution in [0, 0.1) is 19.3 Å². The van der Waals surface area contributed by atoms with Gasteiger partial charge in [-0.05, 0) is 67.9 Å². The monoisotopic (exact) mass is 1030 g/mol. The number of pyridine rings is 2. The van der Waals surface area contributed by atoms with Crippen LogP contribution in [0.1, 0.15) is 98.7 Å². The number of anilines is 3. The van der Waals surface area contributed by atoms with E-state index in [9.17, 15) is 33.9 Å². The number of aryl methyl sites for hydroxylation is 2. The number of hydrogen-bond donors (Lipinski definition) is 4. The van der Waals surface area contributed by atoms with Gasteiger partial charge in [-0.2, -0.15) is 4.98 Å². The molecule has 4 amide bonds. The van der Waals surface area contributed by atoms with E-state index >= 15 is 0 Å². The van der Waals surface area contributed by atoms with Crippen LogP contribution in [0.3, 0.4) is 0 Å². The topological polar surface area (TPSA) is 256 Å². The smallest absolute Gasteiger partial charge is 0.263 e. The number of Topliss-reactive ketones (excluding diaryl/α,β-unsaturated/α-hetero) is 1. The molecule has 22 heteroatoms. The Bertz CT molecular complexity index is 3130. The summed E-state index contributed by atoms with van der Waals surface area (Å²) in [6.07, 6.45) is 7.78. The van der Waals surface area contributed by atoms with E-state index in [0.29, 0.717) is 54.3 Å². The number of benzene rings is 1. The Balaban J connectivity index is 0.750. The van der Waals surface area contributed by atoms with E-state index in [2.05, 4.69) is 46.1 Å². The molecule has 4 N–H and O–H groups in total. The van der Waals surface area contributed by atoms with Gasteiger partial charge in [-0.1, -0.05) is 63.1 Å². The van der Waals surface area contributed by atoms with E-state index in [4.69, 9.17) is 4.98 Å². The molecule has 9 rings (SSSR count). The molecular weight excluding hydrogens is 965 g/mol. The maximum atomic E-state index is 14.2. The summed E-state index contributed by atoms with van der Waals surface area (Å²) >= 11 is 1.56. The zero-order valence-corrected chi connectivity index (χ0v) is 43.3. The highest BCUT2D eigenvalue weighted by atomic mass is 32.1. The van der Waals surface area contributed by atoms with E-state index < -0.39 is 41.3 Å². The standard InChI is InChI=1S/C52H62N14O7S/c1-30-39-25-55-51(59-47(39)66(36-9-7-8-10-36)49(72)44(30)32(3)67)57-41-16-15-37(24-53-41)62-17-19-63(20-18-62)43(70)21-35-26-64(61-60-35)28-42(69)58-46(52(4,5)6)50(73)65-27-38(68)22-40(65)48(71)54-23-33-11-13-34(14-12-33)45-31(2)56-29-74-45/h11-16,24-26,29,36,38,40,46,68H,7-10,17-23,27-28H2,1-6H3,(H,54,71)(H,58,69)(H,53,55,57,59)/t38-,40+,46?/m1/s1. The number of aliphatic hydroxyl groups excluding tert-OH is 1. The average Bonchev–Trinajstić information content (AvgIpc) is 4.23. The SMILES string of the molecule is CC(=O)c1c(C)c2cnc(Nc3ccc(N4CCN(C(=O)Cc5cn(CC(=O)NC(C(=O)N6C[C@H](O)C[C@H]6C(=O)NCc6ccc(-c7scnc7C)cc6)C(C)(C)C)nn5)CC4)cn3)nc2n(C2CCCC2)c1=O. The molecule has 1 aromatic carbocycles. The number of amides is 4. The summed E-state index contributed by atoms with van der Waals surface area (Å²) in [6, 6.07) is 9.59. The summed E-state index contributed by atoms with van der Waals surface area (Å²) in [5, 5.41) is 28.5. The van der Waals surface area contributed by atoms with E-state index in [-0.39, 0.29) is 67.3 Å². The Morgan fingerprint density at radius 3 is 2.34 bits per heavy atom. The number of aliphatic hydroxyl groups is 1. The summed E-state index contributed by atoms with van der Waals surface area (Å²) < 4.78 is 3.00. The van der Waals surface area contributed by atoms with Crippen LogP contribution in [0.5, 0.6) is 0 Å². The van der Waals surface area contributed by atoms with Crippen molar-refractivity contribution in [2.75, 3.05) is 42.9 Å². The molecule has 5 aromatic heterocycles. The van der Waals surface area contributed by atoms with Gasteiger partial charge in [0.05, 0.1) is 51.7 Å². The Morgan fingerprint density at radius 2 is 1.68 bits per heavy atom. The minimum atomic E-state index is -1.03. The highest BCUT2D eigenvalue weighted by molar-refractivity contribution is 7.13. The largest absolute Gasteiger partial charge is 0.391 e. The van der Waals surface area contributed by atoms with Crippen molar-refractivity contribution in [1.29, 1.82) is 0 Å². The Kier molecular flexibility index (Phi) is 15.0. The number of likely N-dealkylation sites (tertiary alicyclic amines) is 1. The Labute approximate surface area is 431 Å². The van der Waals surface area contributed by atoms with Crippen molar-refractivity contribution in [2.45, 2.75) is 117 Å². The van der Waals surface area contributed by atoms with Gasteiger partial charge >= 0.3 is 0 Å². The molecular formula is C52H62N14O7S. The predicted molar refractivity (Wildman–Crippen MR) is 278 cm³/mol. The van der Waals surface area contributed by atoms with Crippen molar-refractivity contribution in [2.24, 2.45) is 5.41 Å². The van der Waals surface area contributed by atoms with Crippen LogP contribution in [0.2, 0.25) is 0 Å². The first kappa shape index (κ1) is 51.4. The molecule has 388 valence electrons. The van der Waals surface area contributed by atoms with Gasteiger partial charge in [-0.25, -0.2) is 19.6 Å². The van der Waals surface area contributed by atoms with Gasteiger partial charge in [0.2, 0.25) is 29.6 Å². The van der Waals surface area contributed by atoms with Crippen LogP contribution >= 0.6 is 11.3 Å². The molecule has 21 nitrogen and oxygen atoms in total. The zero-order valence-electron chi connectivity index (χ0n) is 42.5. The van der Waals surface area contributed by atoms with Crippen LogP contribution in [-0.4, -0.2) is 135 Å². The third-order valence-corrected chi connectivity index (χ3v) is 15.1. The normalized spacial score (nSPS) is 17.7. The number of β-amino-alcohol motifs (C(OH)–C–C–N with tert-alkyl or cyclic N) is 1. The van der Waals surface area contributed by atoms with Gasteiger partial charge in [0.1, 0.15) is 30.1 Å². The second-order valence-electron chi connectivity index (χ2n) is 20.5. The van der Waals surface area contributed by atoms with Crippen molar-refractivity contribution in [3.63, 3.8) is 0 Å². The third-order valence-electron chi connectivity index (χ3n) is 14.2. The molecule has 6 aromatic rings. The van der Waals surface area contributed by atoms with Gasteiger partial charge in [0, 0.05) is 69.5 Å². The number of rotatable bonds is 15. The van der Waals surface area contributed by atoms with Crippen LogP contribution in [0.4, 0.5) is 17.5 Å². The fourth-order valence-corrected chi connectivity index (χ4v) is 11.0. The highest BCUT2D eigenvalue weighted by Crippen LogP contribution is 2.33. The van der Waals surface area contributed by atoms with Crippen LogP contribution in [0.25, 0.3) is 21.5 Å². The Hall–Kier alpha value is -7.46. The molecule has 1 saturated carbocycles. The number of fused-ring (bicyclic) bond motifs is 1. The maximum absolute atomic E-state index is 14.2. The number of carbonyl (C=O) groups is 5. The summed E-state index contributed by atoms with van der Waals surface area (Å²) in [6.45, 7) is 12.6. The quantitative estimate of drug-likeness (QED) is 0.105. The van der Waals surface area contributed by atoms with Gasteiger partial charge in [-0.15, -0.1) is 16.4 Å². The molecule has 0 bridgehead atoms. The molecule has 1 aliphatic carbocycles. The number of carbonyl (C=O) groups excluding carboxylic acids is 5. The van der Waals surface area contributed by atoms with E-state index in [0.717, 1.165) is 53.1 Å². The van der Waals surface area contributed by atoms with Gasteiger partial charge < -0.3 is 35.8 Å². The third kappa shape index (κ3) is 11.2. The maximum Gasteiger partial charge on any atom is 0.263 e. The van der Waals surface area contributed by atoms with Crippen LogP contribution in [0.15, 0.2) is 65.3 Å². The molecule has 2 aliphatic heterocycles. The second-order valence-corrected chi connectivity index (χ2v) is 21.4. The van der Waals surface area contributed by atoms with Gasteiger partial charge in [-0.3, -0.25) is 33.3 Å². The van der Waals surface area contributed by atoms with Crippen LogP contribution < -0.4 is 26.4 Å². The molecule has 1 unspecified atom stereocenters. The number of nitrogens with one attached hydrogen (secondary N) is 3.